The molecule has 0 unspecified atom stereocenters. The lowest BCUT2D eigenvalue weighted by atomic mass is 10.1. The Labute approximate surface area is 113 Å². The van der Waals surface area contributed by atoms with Crippen molar-refractivity contribution >= 4 is 11.7 Å². The Morgan fingerprint density at radius 3 is 2.47 bits per heavy atom. The summed E-state index contributed by atoms with van der Waals surface area (Å²) in [6.07, 6.45) is 10.0. The van der Waals surface area contributed by atoms with Gasteiger partial charge in [0, 0.05) is 13.1 Å². The van der Waals surface area contributed by atoms with Crippen LogP contribution in [0, 0.1) is 0 Å². The zero-order valence-electron chi connectivity index (χ0n) is 11.3. The Kier molecular flexibility index (Phi) is 4.68. The van der Waals surface area contributed by atoms with Crippen LogP contribution in [0.2, 0.25) is 0 Å². The van der Waals surface area contributed by atoms with Gasteiger partial charge in [0.2, 0.25) is 0 Å². The van der Waals surface area contributed by atoms with Gasteiger partial charge in [-0.15, -0.1) is 0 Å². The Hall–Kier alpha value is -1.69. The van der Waals surface area contributed by atoms with Crippen molar-refractivity contribution in [2.24, 2.45) is 5.84 Å². The van der Waals surface area contributed by atoms with Crippen LogP contribution < -0.4 is 11.3 Å². The van der Waals surface area contributed by atoms with Crippen LogP contribution in [-0.4, -0.2) is 33.9 Å². The molecule has 1 heterocycles. The maximum absolute atomic E-state index is 12.3. The number of amides is 1. The number of carbonyl (C=O) groups excluding carboxylic acids is 1. The number of anilines is 1. The molecule has 0 atom stereocenters. The summed E-state index contributed by atoms with van der Waals surface area (Å²) >= 11 is 0. The number of nitrogens with one attached hydrogen (secondary N) is 1. The fourth-order valence-corrected chi connectivity index (χ4v) is 2.50. The quantitative estimate of drug-likeness (QED) is 0.491. The molecule has 0 aromatic carbocycles. The lowest BCUT2D eigenvalue weighted by molar-refractivity contribution is 0.0711. The molecule has 1 aromatic heterocycles. The number of nitrogen functional groups attached to an aromatic ring is 1. The maximum atomic E-state index is 12.3. The molecule has 0 bridgehead atoms. The van der Waals surface area contributed by atoms with Crippen molar-refractivity contribution in [2.45, 2.75) is 44.6 Å². The lowest BCUT2D eigenvalue weighted by Crippen LogP contribution is -2.37. The Morgan fingerprint density at radius 2 is 1.95 bits per heavy atom. The third-order valence-corrected chi connectivity index (χ3v) is 3.71. The van der Waals surface area contributed by atoms with E-state index >= 15 is 0 Å². The molecular weight excluding hydrogens is 242 g/mol. The van der Waals surface area contributed by atoms with E-state index in [2.05, 4.69) is 15.4 Å². The fourth-order valence-electron chi connectivity index (χ4n) is 2.50. The zero-order valence-corrected chi connectivity index (χ0v) is 11.3. The van der Waals surface area contributed by atoms with Crippen molar-refractivity contribution in [3.8, 4) is 0 Å². The van der Waals surface area contributed by atoms with Gasteiger partial charge in [-0.1, -0.05) is 25.7 Å². The van der Waals surface area contributed by atoms with E-state index in [1.807, 2.05) is 11.9 Å². The highest BCUT2D eigenvalue weighted by Gasteiger charge is 2.23. The first-order valence-electron chi connectivity index (χ1n) is 6.78. The third-order valence-electron chi connectivity index (χ3n) is 3.71. The zero-order chi connectivity index (χ0) is 13.7. The third kappa shape index (κ3) is 3.41. The summed E-state index contributed by atoms with van der Waals surface area (Å²) in [6, 6.07) is 0.323. The molecule has 0 spiro atoms. The molecule has 2 rings (SSSR count). The largest absolute Gasteiger partial charge is 0.337 e. The predicted molar refractivity (Wildman–Crippen MR) is 73.4 cm³/mol. The molecule has 1 aliphatic rings. The SMILES string of the molecule is CN(C(=O)c1cnc(NN)cn1)C1CCCCCC1. The second-order valence-corrected chi connectivity index (χ2v) is 4.99. The second kappa shape index (κ2) is 6.47. The van der Waals surface area contributed by atoms with Crippen molar-refractivity contribution in [2.75, 3.05) is 12.5 Å². The Balaban J connectivity index is 2.04. The number of hydrogen-bond donors (Lipinski definition) is 2. The molecule has 6 heteroatoms. The van der Waals surface area contributed by atoms with Gasteiger partial charge in [-0.05, 0) is 12.8 Å². The van der Waals surface area contributed by atoms with Crippen LogP contribution >= 0.6 is 0 Å². The number of carbonyl (C=O) groups is 1. The van der Waals surface area contributed by atoms with Crippen molar-refractivity contribution in [1.82, 2.24) is 14.9 Å². The van der Waals surface area contributed by atoms with Crippen molar-refractivity contribution in [3.63, 3.8) is 0 Å². The molecule has 19 heavy (non-hydrogen) atoms. The van der Waals surface area contributed by atoms with Crippen molar-refractivity contribution in [3.05, 3.63) is 18.1 Å². The first-order valence-corrected chi connectivity index (χ1v) is 6.78. The van der Waals surface area contributed by atoms with Gasteiger partial charge in [0.15, 0.2) is 5.82 Å². The molecule has 0 saturated heterocycles. The molecule has 1 aliphatic carbocycles. The lowest BCUT2D eigenvalue weighted by Gasteiger charge is -2.26. The minimum Gasteiger partial charge on any atom is -0.337 e. The topological polar surface area (TPSA) is 84.1 Å². The highest BCUT2D eigenvalue weighted by molar-refractivity contribution is 5.92. The molecule has 1 saturated carbocycles. The highest BCUT2D eigenvalue weighted by Crippen LogP contribution is 2.21. The van der Waals surface area contributed by atoms with E-state index in [9.17, 15) is 4.79 Å². The van der Waals surface area contributed by atoms with Gasteiger partial charge < -0.3 is 10.3 Å². The van der Waals surface area contributed by atoms with Crippen molar-refractivity contribution in [1.29, 1.82) is 0 Å². The summed E-state index contributed by atoms with van der Waals surface area (Å²) in [5, 5.41) is 0. The van der Waals surface area contributed by atoms with Crippen LogP contribution in [0.25, 0.3) is 0 Å². The smallest absolute Gasteiger partial charge is 0.274 e. The first-order chi connectivity index (χ1) is 9.22. The normalized spacial score (nSPS) is 16.7. The summed E-state index contributed by atoms with van der Waals surface area (Å²) in [7, 11) is 1.86. The maximum Gasteiger partial charge on any atom is 0.274 e. The molecular formula is C13H21N5O. The minimum absolute atomic E-state index is 0.0667. The molecule has 0 radical (unpaired) electrons. The number of rotatable bonds is 3. The monoisotopic (exact) mass is 263 g/mol. The van der Waals surface area contributed by atoms with Gasteiger partial charge in [-0.25, -0.2) is 15.8 Å². The highest BCUT2D eigenvalue weighted by atomic mass is 16.2. The minimum atomic E-state index is -0.0667. The summed E-state index contributed by atoms with van der Waals surface area (Å²) in [5.74, 6) is 5.61. The number of nitrogens with two attached hydrogens (primary N) is 1. The van der Waals surface area contributed by atoms with Gasteiger partial charge in [-0.3, -0.25) is 4.79 Å². The molecule has 1 aromatic rings. The first kappa shape index (κ1) is 13.7. The van der Waals surface area contributed by atoms with Gasteiger partial charge in [0.05, 0.1) is 12.4 Å². The number of hydrogen-bond acceptors (Lipinski definition) is 5. The van der Waals surface area contributed by atoms with Crippen LogP contribution in [-0.2, 0) is 0 Å². The molecule has 0 aliphatic heterocycles. The van der Waals surface area contributed by atoms with E-state index < -0.39 is 0 Å². The Bertz CT molecular complexity index is 412. The van der Waals surface area contributed by atoms with E-state index in [-0.39, 0.29) is 5.91 Å². The van der Waals surface area contributed by atoms with Crippen molar-refractivity contribution < 1.29 is 4.79 Å². The van der Waals surface area contributed by atoms with Gasteiger partial charge in [0.1, 0.15) is 5.69 Å². The van der Waals surface area contributed by atoms with Gasteiger partial charge >= 0.3 is 0 Å². The molecule has 3 N–H and O–H groups in total. The van der Waals surface area contributed by atoms with Crippen LogP contribution in [0.3, 0.4) is 0 Å². The van der Waals surface area contributed by atoms with E-state index in [1.54, 1.807) is 0 Å². The number of aromatic nitrogens is 2. The number of hydrazine groups is 1. The summed E-state index contributed by atoms with van der Waals surface area (Å²) in [4.78, 5) is 22.2. The average molecular weight is 263 g/mol. The molecule has 104 valence electrons. The summed E-state index contributed by atoms with van der Waals surface area (Å²) in [6.45, 7) is 0. The predicted octanol–water partition coefficient (Wildman–Crippen LogP) is 1.56. The van der Waals surface area contributed by atoms with E-state index in [0.717, 1.165) is 12.8 Å². The van der Waals surface area contributed by atoms with E-state index in [4.69, 9.17) is 5.84 Å². The van der Waals surface area contributed by atoms with Gasteiger partial charge in [-0.2, -0.15) is 0 Å². The van der Waals surface area contributed by atoms with Crippen LogP contribution in [0.1, 0.15) is 49.0 Å². The standard InChI is InChI=1S/C13H21N5O/c1-18(10-6-4-2-3-5-7-10)13(19)11-8-16-12(17-14)9-15-11/h8-10H,2-7,14H2,1H3,(H,16,17). The van der Waals surface area contributed by atoms with Crippen LogP contribution in [0.5, 0.6) is 0 Å². The summed E-state index contributed by atoms with van der Waals surface area (Å²) in [5.41, 5.74) is 2.76. The summed E-state index contributed by atoms with van der Waals surface area (Å²) < 4.78 is 0. The second-order valence-electron chi connectivity index (χ2n) is 4.99. The Morgan fingerprint density at radius 1 is 1.26 bits per heavy atom. The fraction of sp³-hybridized carbons (Fsp3) is 0.615. The average Bonchev–Trinajstić information content (AvgIpc) is 2.75. The molecule has 1 amide bonds. The van der Waals surface area contributed by atoms with Crippen LogP contribution in [0.4, 0.5) is 5.82 Å². The van der Waals surface area contributed by atoms with Crippen LogP contribution in [0.15, 0.2) is 12.4 Å². The van der Waals surface area contributed by atoms with E-state index in [1.165, 1.54) is 38.1 Å². The molecule has 6 nitrogen and oxygen atoms in total. The number of nitrogens with zero attached hydrogens (tertiary/aromatic N) is 3. The van der Waals surface area contributed by atoms with Gasteiger partial charge in [0.25, 0.3) is 5.91 Å². The molecule has 1 fully saturated rings. The van der Waals surface area contributed by atoms with E-state index in [0.29, 0.717) is 17.6 Å².